The molecule has 1 fully saturated rings. The molecule has 4 rings (SSSR count). The highest BCUT2D eigenvalue weighted by Gasteiger charge is 2.32. The monoisotopic (exact) mass is 396 g/mol. The first-order valence-corrected chi connectivity index (χ1v) is 9.12. The number of amides is 1. The van der Waals surface area contributed by atoms with E-state index >= 15 is 0 Å². The van der Waals surface area contributed by atoms with Gasteiger partial charge in [0.2, 0.25) is 0 Å². The van der Waals surface area contributed by atoms with Crippen molar-refractivity contribution in [3.05, 3.63) is 34.3 Å². The summed E-state index contributed by atoms with van der Waals surface area (Å²) in [6, 6.07) is 3.26. The lowest BCUT2D eigenvalue weighted by molar-refractivity contribution is -0.137. The fourth-order valence-electron chi connectivity index (χ4n) is 3.30. The number of likely N-dealkylation sites (tertiary alicyclic amines) is 1. The Balaban J connectivity index is 1.60. The predicted octanol–water partition coefficient (Wildman–Crippen LogP) is 3.09. The molecule has 1 aliphatic rings. The minimum absolute atomic E-state index is 0.129. The summed E-state index contributed by atoms with van der Waals surface area (Å²) in [6.45, 7) is 2.76. The normalized spacial score (nSPS) is 18.2. The van der Waals surface area contributed by atoms with Gasteiger partial charge in [-0.15, -0.1) is 10.2 Å². The lowest BCUT2D eigenvalue weighted by Crippen LogP contribution is -2.40. The topological polar surface area (TPSA) is 76.8 Å². The van der Waals surface area contributed by atoms with Gasteiger partial charge in [-0.25, -0.2) is 4.68 Å². The van der Waals surface area contributed by atoms with E-state index in [1.165, 1.54) is 6.07 Å². The molecule has 7 nitrogen and oxygen atoms in total. The number of carbonyl (C=O) groups excluding carboxylic acids is 1. The molecule has 27 heavy (non-hydrogen) atoms. The molecule has 0 N–H and O–H groups in total. The summed E-state index contributed by atoms with van der Waals surface area (Å²) in [5.74, 6) is -0.129. The molecule has 1 aromatic carbocycles. The molecule has 0 unspecified atom stereocenters. The molecule has 3 aromatic rings. The SMILES string of the molecule is Cc1nnsc1C(=O)N1CCC[C@@H](n2nnc3cc(C(F)(F)F)ccc32)C1. The highest BCUT2D eigenvalue weighted by Crippen LogP contribution is 2.32. The number of fused-ring (bicyclic) bond motifs is 1. The van der Waals surface area contributed by atoms with Gasteiger partial charge in [0.05, 0.1) is 22.8 Å². The maximum atomic E-state index is 12.9. The number of halogens is 3. The molecule has 0 spiro atoms. The second kappa shape index (κ2) is 6.55. The maximum absolute atomic E-state index is 12.9. The molecule has 0 saturated carbocycles. The van der Waals surface area contributed by atoms with E-state index in [4.69, 9.17) is 0 Å². The van der Waals surface area contributed by atoms with Crippen molar-refractivity contribution in [1.82, 2.24) is 29.5 Å². The Morgan fingerprint density at radius 1 is 1.30 bits per heavy atom. The zero-order valence-electron chi connectivity index (χ0n) is 14.3. The van der Waals surface area contributed by atoms with Crippen LogP contribution in [0.3, 0.4) is 0 Å². The van der Waals surface area contributed by atoms with E-state index in [1.807, 2.05) is 0 Å². The Morgan fingerprint density at radius 3 is 2.81 bits per heavy atom. The van der Waals surface area contributed by atoms with Crippen LogP contribution in [0.15, 0.2) is 18.2 Å². The Hall–Kier alpha value is -2.56. The molecule has 2 aromatic heterocycles. The first-order valence-electron chi connectivity index (χ1n) is 8.35. The summed E-state index contributed by atoms with van der Waals surface area (Å²) in [5, 5.41) is 11.8. The molecule has 1 saturated heterocycles. The molecule has 11 heteroatoms. The number of rotatable bonds is 2. The molecule has 1 aliphatic heterocycles. The van der Waals surface area contributed by atoms with Crippen LogP contribution in [-0.2, 0) is 6.18 Å². The van der Waals surface area contributed by atoms with Gasteiger partial charge in [0, 0.05) is 13.1 Å². The van der Waals surface area contributed by atoms with Crippen LogP contribution >= 0.6 is 11.5 Å². The van der Waals surface area contributed by atoms with Crippen LogP contribution in [0.1, 0.15) is 39.8 Å². The smallest absolute Gasteiger partial charge is 0.336 e. The van der Waals surface area contributed by atoms with Gasteiger partial charge in [0.15, 0.2) is 0 Å². The Bertz CT molecular complexity index is 998. The minimum atomic E-state index is -4.42. The summed E-state index contributed by atoms with van der Waals surface area (Å²) in [5.41, 5.74) is 0.558. The Morgan fingerprint density at radius 2 is 2.11 bits per heavy atom. The van der Waals surface area contributed by atoms with E-state index in [0.717, 1.165) is 36.5 Å². The molecule has 0 radical (unpaired) electrons. The lowest BCUT2D eigenvalue weighted by atomic mass is 10.0. The number of nitrogens with zero attached hydrogens (tertiary/aromatic N) is 6. The number of carbonyl (C=O) groups is 1. The summed E-state index contributed by atoms with van der Waals surface area (Å²) in [6.07, 6.45) is -2.89. The van der Waals surface area contributed by atoms with Crippen LogP contribution in [0.25, 0.3) is 11.0 Å². The van der Waals surface area contributed by atoms with Crippen molar-refractivity contribution in [2.75, 3.05) is 13.1 Å². The summed E-state index contributed by atoms with van der Waals surface area (Å²) < 4.78 is 44.0. The molecule has 142 valence electrons. The highest BCUT2D eigenvalue weighted by molar-refractivity contribution is 7.07. The molecule has 0 bridgehead atoms. The van der Waals surface area contributed by atoms with Crippen LogP contribution in [-0.4, -0.2) is 48.5 Å². The molecule has 0 aliphatic carbocycles. The molecular formula is C16H15F3N6OS. The molecule has 3 heterocycles. The Labute approximate surface area is 155 Å². The van der Waals surface area contributed by atoms with E-state index in [1.54, 1.807) is 16.5 Å². The van der Waals surface area contributed by atoms with Crippen LogP contribution in [0, 0.1) is 6.92 Å². The second-order valence-electron chi connectivity index (χ2n) is 6.47. The number of hydrogen-bond donors (Lipinski definition) is 0. The van der Waals surface area contributed by atoms with Crippen molar-refractivity contribution in [1.29, 1.82) is 0 Å². The average Bonchev–Trinajstić information content (AvgIpc) is 3.26. The first kappa shape index (κ1) is 17.8. The number of aromatic nitrogens is 5. The van der Waals surface area contributed by atoms with Crippen molar-refractivity contribution < 1.29 is 18.0 Å². The van der Waals surface area contributed by atoms with Gasteiger partial charge in [-0.05, 0) is 49.5 Å². The molecule has 1 amide bonds. The van der Waals surface area contributed by atoms with Crippen LogP contribution in [0.2, 0.25) is 0 Å². The van der Waals surface area contributed by atoms with Crippen LogP contribution in [0.5, 0.6) is 0 Å². The number of benzene rings is 1. The third kappa shape index (κ3) is 3.27. The van der Waals surface area contributed by atoms with Crippen LogP contribution in [0.4, 0.5) is 13.2 Å². The molecular weight excluding hydrogens is 381 g/mol. The third-order valence-electron chi connectivity index (χ3n) is 4.67. The van der Waals surface area contributed by atoms with Crippen molar-refractivity contribution in [3.8, 4) is 0 Å². The van der Waals surface area contributed by atoms with Gasteiger partial charge in [0.1, 0.15) is 10.4 Å². The van der Waals surface area contributed by atoms with Gasteiger partial charge in [-0.1, -0.05) is 9.70 Å². The Kier molecular flexibility index (Phi) is 4.33. The quantitative estimate of drug-likeness (QED) is 0.665. The average molecular weight is 396 g/mol. The summed E-state index contributed by atoms with van der Waals surface area (Å²) in [7, 11) is 0. The molecule has 1 atom stereocenters. The number of piperidine rings is 1. The summed E-state index contributed by atoms with van der Waals surface area (Å²) in [4.78, 5) is 14.9. The fraction of sp³-hybridized carbons (Fsp3) is 0.438. The minimum Gasteiger partial charge on any atom is -0.336 e. The maximum Gasteiger partial charge on any atom is 0.416 e. The second-order valence-corrected chi connectivity index (χ2v) is 7.22. The predicted molar refractivity (Wildman–Crippen MR) is 91.4 cm³/mol. The van der Waals surface area contributed by atoms with E-state index in [-0.39, 0.29) is 17.5 Å². The van der Waals surface area contributed by atoms with Gasteiger partial charge < -0.3 is 4.90 Å². The van der Waals surface area contributed by atoms with Crippen molar-refractivity contribution >= 4 is 28.5 Å². The number of hydrogen-bond acceptors (Lipinski definition) is 6. The largest absolute Gasteiger partial charge is 0.416 e. The van der Waals surface area contributed by atoms with E-state index < -0.39 is 11.7 Å². The highest BCUT2D eigenvalue weighted by atomic mass is 32.1. The van der Waals surface area contributed by atoms with E-state index in [2.05, 4.69) is 19.9 Å². The fourth-order valence-corrected chi connectivity index (χ4v) is 3.92. The van der Waals surface area contributed by atoms with Crippen LogP contribution < -0.4 is 0 Å². The van der Waals surface area contributed by atoms with Gasteiger partial charge in [-0.2, -0.15) is 13.2 Å². The van der Waals surface area contributed by atoms with Gasteiger partial charge >= 0.3 is 6.18 Å². The van der Waals surface area contributed by atoms with E-state index in [9.17, 15) is 18.0 Å². The lowest BCUT2D eigenvalue weighted by Gasteiger charge is -2.32. The zero-order chi connectivity index (χ0) is 19.2. The van der Waals surface area contributed by atoms with Gasteiger partial charge in [0.25, 0.3) is 5.91 Å². The standard InChI is InChI=1S/C16H15F3N6OS/c1-9-14(27-23-20-9)15(26)24-6-2-3-11(8-24)25-13-5-4-10(16(17,18)19)7-12(13)21-22-25/h4-5,7,11H,2-3,6,8H2,1H3/t11-/m1/s1. The van der Waals surface area contributed by atoms with Crippen molar-refractivity contribution in [3.63, 3.8) is 0 Å². The van der Waals surface area contributed by atoms with Crippen molar-refractivity contribution in [2.24, 2.45) is 0 Å². The number of alkyl halides is 3. The van der Waals surface area contributed by atoms with Gasteiger partial charge in [-0.3, -0.25) is 4.79 Å². The third-order valence-corrected chi connectivity index (χ3v) is 5.49. The first-order chi connectivity index (χ1) is 12.8. The summed E-state index contributed by atoms with van der Waals surface area (Å²) >= 11 is 1.06. The zero-order valence-corrected chi connectivity index (χ0v) is 15.1. The number of aryl methyl sites for hydroxylation is 1. The van der Waals surface area contributed by atoms with Crippen molar-refractivity contribution in [2.45, 2.75) is 32.0 Å². The van der Waals surface area contributed by atoms with E-state index in [0.29, 0.717) is 29.2 Å².